The first kappa shape index (κ1) is 23.0. The smallest absolute Gasteiger partial charge is 0.153 e. The number of rotatable bonds is 6. The van der Waals surface area contributed by atoms with Crippen LogP contribution in [-0.4, -0.2) is 70.9 Å². The number of pyridine rings is 1. The molecule has 2 aliphatic rings. The zero-order valence-electron chi connectivity index (χ0n) is 20.1. The van der Waals surface area contributed by atoms with Gasteiger partial charge in [0.15, 0.2) is 6.29 Å². The Bertz CT molecular complexity index is 1200. The van der Waals surface area contributed by atoms with E-state index in [1.807, 2.05) is 13.8 Å². The molecule has 0 aliphatic carbocycles. The summed E-state index contributed by atoms with van der Waals surface area (Å²) >= 11 is 0. The van der Waals surface area contributed by atoms with Crippen molar-refractivity contribution in [2.75, 3.05) is 37.6 Å². The molecular formula is C27H34N4O3. The average molecular weight is 463 g/mol. The van der Waals surface area contributed by atoms with Crippen molar-refractivity contribution < 1.29 is 14.7 Å². The van der Waals surface area contributed by atoms with Crippen LogP contribution in [0.25, 0.3) is 21.8 Å². The van der Waals surface area contributed by atoms with Gasteiger partial charge in [-0.25, -0.2) is 4.98 Å². The largest absolute Gasteiger partial charge is 0.389 e. The van der Waals surface area contributed by atoms with Gasteiger partial charge in [0.1, 0.15) is 12.1 Å². The van der Waals surface area contributed by atoms with Crippen LogP contribution in [0, 0.1) is 5.92 Å². The van der Waals surface area contributed by atoms with E-state index in [1.54, 1.807) is 6.20 Å². The number of likely N-dealkylation sites (tertiary alicyclic amines) is 1. The highest BCUT2D eigenvalue weighted by molar-refractivity contribution is 6.16. The van der Waals surface area contributed by atoms with Crippen molar-refractivity contribution in [3.63, 3.8) is 0 Å². The molecule has 0 spiro atoms. The van der Waals surface area contributed by atoms with E-state index in [0.717, 1.165) is 85.5 Å². The summed E-state index contributed by atoms with van der Waals surface area (Å²) in [6.07, 6.45) is 7.56. The second kappa shape index (κ2) is 9.12. The number of aromatic nitrogens is 2. The van der Waals surface area contributed by atoms with Crippen molar-refractivity contribution in [1.29, 1.82) is 0 Å². The molecule has 0 radical (unpaired) electrons. The van der Waals surface area contributed by atoms with Crippen molar-refractivity contribution in [3.8, 4) is 0 Å². The number of aldehydes is 2. The molecular weight excluding hydrogens is 428 g/mol. The molecule has 1 aromatic carbocycles. The molecule has 0 saturated carbocycles. The van der Waals surface area contributed by atoms with Crippen molar-refractivity contribution in [2.45, 2.75) is 51.0 Å². The fourth-order valence-corrected chi connectivity index (χ4v) is 5.79. The molecule has 180 valence electrons. The Morgan fingerprint density at radius 1 is 1.18 bits per heavy atom. The summed E-state index contributed by atoms with van der Waals surface area (Å²) in [6, 6.07) is 6.61. The van der Waals surface area contributed by atoms with E-state index < -0.39 is 5.60 Å². The maximum absolute atomic E-state index is 11.8. The van der Waals surface area contributed by atoms with Crippen molar-refractivity contribution in [3.05, 3.63) is 35.5 Å². The predicted molar refractivity (Wildman–Crippen MR) is 135 cm³/mol. The number of benzene rings is 1. The Morgan fingerprint density at radius 3 is 2.68 bits per heavy atom. The quantitative estimate of drug-likeness (QED) is 0.540. The van der Waals surface area contributed by atoms with Gasteiger partial charge in [-0.1, -0.05) is 12.1 Å². The summed E-state index contributed by atoms with van der Waals surface area (Å²) in [7, 11) is 0. The Kier molecular flexibility index (Phi) is 6.16. The normalized spacial score (nSPS) is 20.8. The molecule has 1 atom stereocenters. The van der Waals surface area contributed by atoms with E-state index in [-0.39, 0.29) is 5.92 Å². The first-order chi connectivity index (χ1) is 16.4. The lowest BCUT2D eigenvalue weighted by Crippen LogP contribution is -2.42. The maximum Gasteiger partial charge on any atom is 0.153 e. The SMILES string of the molecule is CC(C)(O)CN1CCC(c2ccc3c(c2)[nH]c2c(C=O)cnc(N4CCC[C@H](C=O)C4)c23)CC1. The first-order valence-electron chi connectivity index (χ1n) is 12.4. The molecule has 0 bridgehead atoms. The lowest BCUT2D eigenvalue weighted by Gasteiger charge is -2.35. The Labute approximate surface area is 200 Å². The number of hydrogen-bond acceptors (Lipinski definition) is 6. The molecule has 2 aliphatic heterocycles. The number of β-amino-alcohol motifs (C(OH)–C–C–N with tert-alkyl or cyclic N) is 1. The van der Waals surface area contributed by atoms with Crippen molar-refractivity contribution in [2.24, 2.45) is 5.92 Å². The van der Waals surface area contributed by atoms with Gasteiger partial charge in [-0.3, -0.25) is 4.79 Å². The number of anilines is 1. The van der Waals surface area contributed by atoms with E-state index >= 15 is 0 Å². The summed E-state index contributed by atoms with van der Waals surface area (Å²) in [5.41, 5.74) is 3.04. The number of fused-ring (bicyclic) bond motifs is 3. The molecule has 34 heavy (non-hydrogen) atoms. The number of carbonyl (C=O) groups excluding carboxylic acids is 2. The lowest BCUT2D eigenvalue weighted by molar-refractivity contribution is -0.111. The number of piperidine rings is 2. The zero-order valence-corrected chi connectivity index (χ0v) is 20.1. The molecule has 0 amide bonds. The number of H-pyrrole nitrogens is 1. The summed E-state index contributed by atoms with van der Waals surface area (Å²) in [6.45, 7) is 7.92. The van der Waals surface area contributed by atoms with Gasteiger partial charge in [-0.15, -0.1) is 0 Å². The number of nitrogens with zero attached hydrogens (tertiary/aromatic N) is 3. The van der Waals surface area contributed by atoms with E-state index in [9.17, 15) is 14.7 Å². The lowest BCUT2D eigenvalue weighted by atomic mass is 9.88. The molecule has 7 heteroatoms. The van der Waals surface area contributed by atoms with Gasteiger partial charge in [0.25, 0.3) is 0 Å². The minimum absolute atomic E-state index is 0.0235. The van der Waals surface area contributed by atoms with Crippen LogP contribution in [0.1, 0.15) is 61.4 Å². The van der Waals surface area contributed by atoms with Crippen LogP contribution < -0.4 is 4.90 Å². The molecule has 2 fully saturated rings. The first-order valence-corrected chi connectivity index (χ1v) is 12.4. The number of aromatic amines is 1. The Hall–Kier alpha value is -2.77. The van der Waals surface area contributed by atoms with Gasteiger partial charge in [-0.2, -0.15) is 0 Å². The van der Waals surface area contributed by atoms with Crippen molar-refractivity contribution in [1.82, 2.24) is 14.9 Å². The molecule has 3 aromatic rings. The van der Waals surface area contributed by atoms with Gasteiger partial charge in [-0.05, 0) is 70.2 Å². The highest BCUT2D eigenvalue weighted by Gasteiger charge is 2.27. The standard InChI is InChI=1S/C27H34N4O3/c1-27(2,34)17-30-10-7-19(8-11-30)20-5-6-22-23(12-20)29-25-21(16-33)13-28-26(24(22)25)31-9-3-4-18(14-31)15-32/h5-6,12-13,15-16,18-19,29,34H,3-4,7-11,14,17H2,1-2H3/t18-/m0/s1. The third kappa shape index (κ3) is 4.46. The van der Waals surface area contributed by atoms with E-state index in [0.29, 0.717) is 24.6 Å². The van der Waals surface area contributed by atoms with Gasteiger partial charge in [0.05, 0.1) is 22.1 Å². The van der Waals surface area contributed by atoms with Crippen molar-refractivity contribution >= 4 is 40.2 Å². The second-order valence-electron chi connectivity index (χ2n) is 10.7. The summed E-state index contributed by atoms with van der Waals surface area (Å²) < 4.78 is 0. The van der Waals surface area contributed by atoms with E-state index in [2.05, 4.69) is 38.0 Å². The van der Waals surface area contributed by atoms with E-state index in [4.69, 9.17) is 0 Å². The Balaban J connectivity index is 1.47. The fraction of sp³-hybridized carbons (Fsp3) is 0.519. The Morgan fingerprint density at radius 2 is 1.97 bits per heavy atom. The highest BCUT2D eigenvalue weighted by Crippen LogP contribution is 2.37. The van der Waals surface area contributed by atoms with Gasteiger partial charge in [0.2, 0.25) is 0 Å². The summed E-state index contributed by atoms with van der Waals surface area (Å²) in [5.74, 6) is 1.36. The predicted octanol–water partition coefficient (Wildman–Crippen LogP) is 3.89. The van der Waals surface area contributed by atoms with Gasteiger partial charge >= 0.3 is 0 Å². The molecule has 0 unspecified atom stereocenters. The molecule has 2 N–H and O–H groups in total. The van der Waals surface area contributed by atoms with Crippen LogP contribution in [0.15, 0.2) is 24.4 Å². The molecule has 2 saturated heterocycles. The molecule has 5 rings (SSSR count). The summed E-state index contributed by atoms with van der Waals surface area (Å²) in [4.78, 5) is 35.9. The van der Waals surface area contributed by atoms with Crippen LogP contribution in [0.2, 0.25) is 0 Å². The van der Waals surface area contributed by atoms with Crippen LogP contribution in [0.5, 0.6) is 0 Å². The fourth-order valence-electron chi connectivity index (χ4n) is 5.79. The average Bonchev–Trinajstić information content (AvgIpc) is 3.22. The number of nitrogens with one attached hydrogen (secondary N) is 1. The number of aliphatic hydroxyl groups is 1. The third-order valence-corrected chi connectivity index (χ3v) is 7.41. The van der Waals surface area contributed by atoms with Crippen LogP contribution in [0.4, 0.5) is 5.82 Å². The van der Waals surface area contributed by atoms with Crippen LogP contribution in [-0.2, 0) is 4.79 Å². The number of carbonyl (C=O) groups is 2. The monoisotopic (exact) mass is 462 g/mol. The second-order valence-corrected chi connectivity index (χ2v) is 10.7. The van der Waals surface area contributed by atoms with Crippen LogP contribution >= 0.6 is 0 Å². The van der Waals surface area contributed by atoms with Crippen LogP contribution in [0.3, 0.4) is 0 Å². The molecule has 2 aromatic heterocycles. The zero-order chi connectivity index (χ0) is 23.9. The van der Waals surface area contributed by atoms with Gasteiger partial charge < -0.3 is 24.7 Å². The molecule has 4 heterocycles. The summed E-state index contributed by atoms with van der Waals surface area (Å²) in [5, 5.41) is 12.2. The highest BCUT2D eigenvalue weighted by atomic mass is 16.3. The third-order valence-electron chi connectivity index (χ3n) is 7.41. The molecule has 7 nitrogen and oxygen atoms in total. The number of hydrogen-bond donors (Lipinski definition) is 2. The minimum Gasteiger partial charge on any atom is -0.389 e. The van der Waals surface area contributed by atoms with E-state index in [1.165, 1.54) is 5.56 Å². The topological polar surface area (TPSA) is 89.5 Å². The van der Waals surface area contributed by atoms with Gasteiger partial charge in [0, 0.05) is 42.7 Å². The maximum atomic E-state index is 11.8. The minimum atomic E-state index is -0.668.